The van der Waals surface area contributed by atoms with E-state index in [0.29, 0.717) is 25.0 Å². The molecule has 1 N–H and O–H groups in total. The van der Waals surface area contributed by atoms with Gasteiger partial charge in [0.2, 0.25) is 0 Å². The molecule has 1 fully saturated rings. The van der Waals surface area contributed by atoms with Gasteiger partial charge in [0, 0.05) is 12.8 Å². The molecule has 3 nitrogen and oxygen atoms in total. The van der Waals surface area contributed by atoms with Crippen molar-refractivity contribution in [3.05, 3.63) is 75.5 Å². The molecule has 182 valence electrons. The number of carbonyl (C=O) groups excluding carboxylic acids is 1. The second-order valence-electron chi connectivity index (χ2n) is 11.3. The molecule has 5 rings (SSSR count). The molecule has 3 heteroatoms. The average Bonchev–Trinajstić information content (AvgIpc) is 3.60. The van der Waals surface area contributed by atoms with E-state index in [2.05, 4.69) is 58.9 Å². The highest BCUT2D eigenvalue weighted by Gasteiger charge is 2.50. The first kappa shape index (κ1) is 24.7. The third-order valence-corrected chi connectivity index (χ3v) is 8.09. The van der Waals surface area contributed by atoms with Crippen molar-refractivity contribution in [1.29, 1.82) is 0 Å². The number of benzene rings is 2. The fourth-order valence-electron chi connectivity index (χ4n) is 5.77. The van der Waals surface area contributed by atoms with Crippen LogP contribution in [-0.4, -0.2) is 17.5 Å². The first-order valence-electron chi connectivity index (χ1n) is 12.9. The minimum absolute atomic E-state index is 0.0364. The zero-order valence-corrected chi connectivity index (χ0v) is 22.0. The molecular weight excluding hydrogens is 420 g/mol. The SMILES string of the molecule is CC.Cc1cc2c(cc1C1(c3ccc(C4=C(O)CCCC4=O)cc3)CO1)C(C)(C)CCC2(C)C. The number of fused-ring (bicyclic) bond motifs is 1. The molecule has 1 unspecified atom stereocenters. The number of ether oxygens (including phenoxy) is 1. The summed E-state index contributed by atoms with van der Waals surface area (Å²) in [5.41, 5.74) is 7.78. The van der Waals surface area contributed by atoms with Gasteiger partial charge >= 0.3 is 0 Å². The Labute approximate surface area is 205 Å². The molecule has 1 atom stereocenters. The van der Waals surface area contributed by atoms with Crippen LogP contribution >= 0.6 is 0 Å². The number of Topliss-reactive ketones (excluding diaryl/α,β-unsaturated/α-hetero) is 1. The van der Waals surface area contributed by atoms with Crippen LogP contribution in [0, 0.1) is 6.92 Å². The van der Waals surface area contributed by atoms with E-state index in [-0.39, 0.29) is 22.4 Å². The monoisotopic (exact) mass is 460 g/mol. The van der Waals surface area contributed by atoms with E-state index >= 15 is 0 Å². The molecule has 2 aromatic carbocycles. The summed E-state index contributed by atoms with van der Waals surface area (Å²) < 4.78 is 6.16. The number of aliphatic hydroxyl groups excluding tert-OH is 1. The maximum atomic E-state index is 12.4. The van der Waals surface area contributed by atoms with Crippen molar-refractivity contribution in [2.24, 2.45) is 0 Å². The van der Waals surface area contributed by atoms with Gasteiger partial charge in [-0.3, -0.25) is 4.79 Å². The molecule has 0 spiro atoms. The molecule has 1 heterocycles. The van der Waals surface area contributed by atoms with Crippen molar-refractivity contribution >= 4 is 11.4 Å². The number of carbonyl (C=O) groups is 1. The number of rotatable bonds is 3. The molecule has 1 aliphatic heterocycles. The minimum atomic E-state index is -0.414. The van der Waals surface area contributed by atoms with E-state index in [4.69, 9.17) is 4.74 Å². The fourth-order valence-corrected chi connectivity index (χ4v) is 5.77. The third-order valence-electron chi connectivity index (χ3n) is 8.09. The molecule has 0 aromatic heterocycles. The molecular formula is C31H40O3. The van der Waals surface area contributed by atoms with Crippen molar-refractivity contribution in [1.82, 2.24) is 0 Å². The summed E-state index contributed by atoms with van der Waals surface area (Å²) in [5, 5.41) is 10.3. The van der Waals surface area contributed by atoms with Crippen LogP contribution in [0.25, 0.3) is 5.57 Å². The first-order valence-corrected chi connectivity index (χ1v) is 12.9. The Kier molecular flexibility index (Phi) is 6.31. The molecule has 0 amide bonds. The topological polar surface area (TPSA) is 49.8 Å². The molecule has 1 saturated heterocycles. The number of epoxide rings is 1. The van der Waals surface area contributed by atoms with Crippen LogP contribution in [0.15, 0.2) is 42.2 Å². The quantitative estimate of drug-likeness (QED) is 0.478. The molecule has 0 saturated carbocycles. The van der Waals surface area contributed by atoms with E-state index in [1.54, 1.807) is 0 Å². The smallest absolute Gasteiger partial charge is 0.166 e. The second kappa shape index (κ2) is 8.68. The van der Waals surface area contributed by atoms with Gasteiger partial charge in [0.05, 0.1) is 12.2 Å². The molecule has 2 aromatic rings. The van der Waals surface area contributed by atoms with Crippen molar-refractivity contribution in [3.63, 3.8) is 0 Å². The Balaban J connectivity index is 0.00000133. The van der Waals surface area contributed by atoms with Gasteiger partial charge in [0.1, 0.15) is 11.4 Å². The van der Waals surface area contributed by atoms with Crippen molar-refractivity contribution in [2.75, 3.05) is 6.61 Å². The summed E-state index contributed by atoms with van der Waals surface area (Å²) in [7, 11) is 0. The molecule has 0 bridgehead atoms. The first-order chi connectivity index (χ1) is 16.1. The van der Waals surface area contributed by atoms with Crippen LogP contribution in [0.5, 0.6) is 0 Å². The Hall–Kier alpha value is -2.39. The maximum Gasteiger partial charge on any atom is 0.166 e. The second-order valence-corrected chi connectivity index (χ2v) is 11.3. The minimum Gasteiger partial charge on any atom is -0.512 e. The van der Waals surface area contributed by atoms with Crippen LogP contribution in [0.3, 0.4) is 0 Å². The number of ketones is 1. The van der Waals surface area contributed by atoms with E-state index in [9.17, 15) is 9.90 Å². The number of aliphatic hydroxyl groups is 1. The molecule has 3 aliphatic rings. The van der Waals surface area contributed by atoms with Gasteiger partial charge in [-0.2, -0.15) is 0 Å². The summed E-state index contributed by atoms with van der Waals surface area (Å²) in [4.78, 5) is 12.4. The van der Waals surface area contributed by atoms with Crippen LogP contribution in [0.2, 0.25) is 0 Å². The highest BCUT2D eigenvalue weighted by molar-refractivity contribution is 6.21. The summed E-state index contributed by atoms with van der Waals surface area (Å²) in [6, 6.07) is 12.9. The van der Waals surface area contributed by atoms with Crippen LogP contribution in [0.1, 0.15) is 107 Å². The average molecular weight is 461 g/mol. The van der Waals surface area contributed by atoms with Crippen LogP contribution < -0.4 is 0 Å². The van der Waals surface area contributed by atoms with E-state index in [1.165, 1.54) is 35.1 Å². The van der Waals surface area contributed by atoms with Crippen LogP contribution in [0.4, 0.5) is 0 Å². The van der Waals surface area contributed by atoms with Gasteiger partial charge < -0.3 is 9.84 Å². The van der Waals surface area contributed by atoms with E-state index in [0.717, 1.165) is 17.5 Å². The van der Waals surface area contributed by atoms with Gasteiger partial charge in [-0.15, -0.1) is 0 Å². The predicted octanol–water partition coefficient (Wildman–Crippen LogP) is 7.67. The highest BCUT2D eigenvalue weighted by Crippen LogP contribution is 2.52. The summed E-state index contributed by atoms with van der Waals surface area (Å²) in [6.07, 6.45) is 4.21. The lowest BCUT2D eigenvalue weighted by atomic mass is 9.62. The number of hydrogen-bond donors (Lipinski definition) is 1. The standard InChI is InChI=1S/C29H34O3.C2H6/c1-18-15-22-23(28(4,5)14-13-27(22,2)3)16-21(18)29(17-32-29)20-11-9-19(10-12-20)26-24(30)7-6-8-25(26)31;1-2/h9-12,15-16,30H,6-8,13-14,17H2,1-5H3;1-2H3. The molecule has 34 heavy (non-hydrogen) atoms. The highest BCUT2D eigenvalue weighted by atomic mass is 16.6. The predicted molar refractivity (Wildman–Crippen MR) is 139 cm³/mol. The summed E-state index contributed by atoms with van der Waals surface area (Å²) in [6.45, 7) is 16.3. The van der Waals surface area contributed by atoms with Gasteiger partial charge in [0.25, 0.3) is 0 Å². The zero-order chi connectivity index (χ0) is 24.9. The Morgan fingerprint density at radius 3 is 1.94 bits per heavy atom. The van der Waals surface area contributed by atoms with Gasteiger partial charge in [0.15, 0.2) is 5.78 Å². The molecule has 2 aliphatic carbocycles. The Bertz CT molecular complexity index is 1130. The third kappa shape index (κ3) is 4.02. The summed E-state index contributed by atoms with van der Waals surface area (Å²) >= 11 is 0. The lowest BCUT2D eigenvalue weighted by Crippen LogP contribution is -2.34. The Morgan fingerprint density at radius 1 is 0.853 bits per heavy atom. The lowest BCUT2D eigenvalue weighted by molar-refractivity contribution is -0.114. The number of hydrogen-bond acceptors (Lipinski definition) is 3. The van der Waals surface area contributed by atoms with Gasteiger partial charge in [-0.05, 0) is 70.4 Å². The number of aryl methyl sites for hydroxylation is 1. The van der Waals surface area contributed by atoms with Crippen molar-refractivity contribution < 1.29 is 14.6 Å². The summed E-state index contributed by atoms with van der Waals surface area (Å²) in [5.74, 6) is 0.260. The van der Waals surface area contributed by atoms with E-state index in [1.807, 2.05) is 26.0 Å². The maximum absolute atomic E-state index is 12.4. The molecule has 0 radical (unpaired) electrons. The lowest BCUT2D eigenvalue weighted by Gasteiger charge is -2.42. The van der Waals surface area contributed by atoms with E-state index < -0.39 is 5.60 Å². The largest absolute Gasteiger partial charge is 0.512 e. The van der Waals surface area contributed by atoms with Crippen molar-refractivity contribution in [2.45, 2.75) is 97.0 Å². The zero-order valence-electron chi connectivity index (χ0n) is 22.0. The van der Waals surface area contributed by atoms with Gasteiger partial charge in [-0.25, -0.2) is 0 Å². The normalized spacial score (nSPS) is 24.7. The fraction of sp³-hybridized carbons (Fsp3) is 0.516. The Morgan fingerprint density at radius 2 is 1.41 bits per heavy atom. The number of allylic oxidation sites excluding steroid dienone is 2. The van der Waals surface area contributed by atoms with Crippen molar-refractivity contribution in [3.8, 4) is 0 Å². The van der Waals surface area contributed by atoms with Gasteiger partial charge in [-0.1, -0.05) is 77.9 Å². The van der Waals surface area contributed by atoms with Crippen LogP contribution in [-0.2, 0) is 26.0 Å².